The number of nitrogens with two attached hydrogens (primary N) is 1. The van der Waals surface area contributed by atoms with Gasteiger partial charge in [-0.2, -0.15) is 4.98 Å². The van der Waals surface area contributed by atoms with Gasteiger partial charge < -0.3 is 11.1 Å². The molecule has 0 spiro atoms. The summed E-state index contributed by atoms with van der Waals surface area (Å²) in [6, 6.07) is 10.9. The van der Waals surface area contributed by atoms with Crippen molar-refractivity contribution in [2.45, 2.75) is 44.6 Å². The summed E-state index contributed by atoms with van der Waals surface area (Å²) >= 11 is 0. The highest BCUT2D eigenvalue weighted by Gasteiger charge is 2.16. The van der Waals surface area contributed by atoms with Crippen molar-refractivity contribution in [3.8, 4) is 0 Å². The smallest absolute Gasteiger partial charge is 0.221 e. The summed E-state index contributed by atoms with van der Waals surface area (Å²) in [6.07, 6.45) is 9.06. The zero-order chi connectivity index (χ0) is 14.5. The number of benzene rings is 1. The Hall–Kier alpha value is -2.10. The molecule has 0 unspecified atom stereocenters. The summed E-state index contributed by atoms with van der Waals surface area (Å²) in [5.74, 6) is 1.24. The van der Waals surface area contributed by atoms with Gasteiger partial charge in [0.1, 0.15) is 5.82 Å². The van der Waals surface area contributed by atoms with E-state index in [0.717, 1.165) is 17.8 Å². The Balaban J connectivity index is 1.79. The third kappa shape index (κ3) is 3.72. The number of nitrogen functional groups attached to an aromatic ring is 1. The minimum Gasteiger partial charge on any atom is -0.368 e. The fourth-order valence-electron chi connectivity index (χ4n) is 2.93. The number of hydrogen-bond donors (Lipinski definition) is 2. The minimum absolute atomic E-state index is 0.338. The molecule has 0 radical (unpaired) electrons. The average Bonchev–Trinajstić information content (AvgIpc) is 2.52. The van der Waals surface area contributed by atoms with E-state index in [-0.39, 0.29) is 0 Å². The second-order valence-electron chi connectivity index (χ2n) is 5.74. The van der Waals surface area contributed by atoms with Crippen molar-refractivity contribution in [3.05, 3.63) is 47.7 Å². The molecule has 4 nitrogen and oxygen atoms in total. The van der Waals surface area contributed by atoms with E-state index in [1.54, 1.807) is 0 Å². The third-order valence-electron chi connectivity index (χ3n) is 4.07. The molecule has 0 amide bonds. The molecular formula is C17H22N4. The van der Waals surface area contributed by atoms with Crippen LogP contribution in [0.1, 0.15) is 43.2 Å². The largest absolute Gasteiger partial charge is 0.368 e. The van der Waals surface area contributed by atoms with Crippen LogP contribution in [-0.2, 0) is 6.42 Å². The fraction of sp³-hybridized carbons (Fsp3) is 0.412. The van der Waals surface area contributed by atoms with Crippen LogP contribution in [0.25, 0.3) is 0 Å². The van der Waals surface area contributed by atoms with Crippen LogP contribution in [0.3, 0.4) is 0 Å². The van der Waals surface area contributed by atoms with E-state index in [1.165, 1.54) is 37.7 Å². The molecule has 1 aromatic carbocycles. The summed E-state index contributed by atoms with van der Waals surface area (Å²) < 4.78 is 0. The summed E-state index contributed by atoms with van der Waals surface area (Å²) in [7, 11) is 0. The highest BCUT2D eigenvalue weighted by atomic mass is 15.1. The molecule has 4 heteroatoms. The van der Waals surface area contributed by atoms with Gasteiger partial charge in [-0.1, -0.05) is 49.6 Å². The summed E-state index contributed by atoms with van der Waals surface area (Å²) in [4.78, 5) is 8.57. The maximum Gasteiger partial charge on any atom is 0.221 e. The third-order valence-corrected chi connectivity index (χ3v) is 4.07. The van der Waals surface area contributed by atoms with E-state index in [0.29, 0.717) is 12.0 Å². The molecule has 3 rings (SSSR count). The molecule has 0 saturated heterocycles. The van der Waals surface area contributed by atoms with Gasteiger partial charge in [-0.3, -0.25) is 0 Å². The SMILES string of the molecule is Nc1ncc(Cc2ccccc2)c(NC2CCCCC2)n1. The van der Waals surface area contributed by atoms with Gasteiger partial charge in [-0.05, 0) is 18.4 Å². The van der Waals surface area contributed by atoms with E-state index in [2.05, 4.69) is 39.6 Å². The zero-order valence-corrected chi connectivity index (χ0v) is 12.3. The Morgan fingerprint density at radius 3 is 2.62 bits per heavy atom. The molecule has 21 heavy (non-hydrogen) atoms. The van der Waals surface area contributed by atoms with Crippen LogP contribution in [0.2, 0.25) is 0 Å². The van der Waals surface area contributed by atoms with E-state index < -0.39 is 0 Å². The van der Waals surface area contributed by atoms with E-state index in [9.17, 15) is 0 Å². The van der Waals surface area contributed by atoms with Crippen molar-refractivity contribution < 1.29 is 0 Å². The predicted octanol–water partition coefficient (Wildman–Crippen LogP) is 3.39. The Labute approximate surface area is 125 Å². The molecule has 0 atom stereocenters. The first-order valence-electron chi connectivity index (χ1n) is 7.73. The maximum atomic E-state index is 5.76. The van der Waals surface area contributed by atoms with Crippen LogP contribution in [0, 0.1) is 0 Å². The van der Waals surface area contributed by atoms with Crippen LogP contribution < -0.4 is 11.1 Å². The Bertz CT molecular complexity index is 577. The Morgan fingerprint density at radius 2 is 1.86 bits per heavy atom. The van der Waals surface area contributed by atoms with Crippen molar-refractivity contribution in [2.75, 3.05) is 11.1 Å². The van der Waals surface area contributed by atoms with Crippen molar-refractivity contribution in [3.63, 3.8) is 0 Å². The summed E-state index contributed by atoms with van der Waals surface area (Å²) in [5.41, 5.74) is 8.14. The van der Waals surface area contributed by atoms with E-state index >= 15 is 0 Å². The maximum absolute atomic E-state index is 5.76. The molecule has 1 saturated carbocycles. The first kappa shape index (κ1) is 13.9. The summed E-state index contributed by atoms with van der Waals surface area (Å²) in [5, 5.41) is 3.58. The molecule has 1 aromatic heterocycles. The van der Waals surface area contributed by atoms with Gasteiger partial charge in [-0.25, -0.2) is 4.98 Å². The van der Waals surface area contributed by atoms with Gasteiger partial charge in [-0.15, -0.1) is 0 Å². The number of anilines is 2. The number of nitrogens with one attached hydrogen (secondary N) is 1. The van der Waals surface area contributed by atoms with Gasteiger partial charge in [0.15, 0.2) is 0 Å². The molecule has 3 N–H and O–H groups in total. The van der Waals surface area contributed by atoms with Gasteiger partial charge >= 0.3 is 0 Å². The number of aromatic nitrogens is 2. The number of hydrogen-bond acceptors (Lipinski definition) is 4. The Morgan fingerprint density at radius 1 is 1.10 bits per heavy atom. The molecule has 1 fully saturated rings. The van der Waals surface area contributed by atoms with Gasteiger partial charge in [0, 0.05) is 24.2 Å². The highest BCUT2D eigenvalue weighted by molar-refractivity contribution is 5.48. The van der Waals surface area contributed by atoms with Gasteiger partial charge in [0.2, 0.25) is 5.95 Å². The van der Waals surface area contributed by atoms with E-state index in [1.807, 2.05) is 12.3 Å². The molecule has 2 aromatic rings. The summed E-state index contributed by atoms with van der Waals surface area (Å²) in [6.45, 7) is 0. The van der Waals surface area contributed by atoms with Crippen molar-refractivity contribution in [1.29, 1.82) is 0 Å². The normalized spacial score (nSPS) is 15.8. The van der Waals surface area contributed by atoms with Crippen LogP contribution >= 0.6 is 0 Å². The average molecular weight is 282 g/mol. The zero-order valence-electron chi connectivity index (χ0n) is 12.3. The van der Waals surface area contributed by atoms with Crippen LogP contribution in [-0.4, -0.2) is 16.0 Å². The quantitative estimate of drug-likeness (QED) is 0.902. The minimum atomic E-state index is 0.338. The molecule has 110 valence electrons. The molecule has 1 aliphatic carbocycles. The lowest BCUT2D eigenvalue weighted by atomic mass is 9.95. The van der Waals surface area contributed by atoms with Crippen molar-refractivity contribution >= 4 is 11.8 Å². The van der Waals surface area contributed by atoms with Crippen LogP contribution in [0.15, 0.2) is 36.5 Å². The first-order chi connectivity index (χ1) is 10.3. The molecule has 0 aliphatic heterocycles. The molecule has 1 aliphatic rings. The standard InChI is InChI=1S/C17H22N4/c18-17-19-12-14(11-13-7-3-1-4-8-13)16(21-17)20-15-9-5-2-6-10-15/h1,3-4,7-8,12,15H,2,5-6,9-11H2,(H3,18,19,20,21). The second-order valence-corrected chi connectivity index (χ2v) is 5.74. The van der Waals surface area contributed by atoms with Crippen LogP contribution in [0.5, 0.6) is 0 Å². The van der Waals surface area contributed by atoms with Crippen molar-refractivity contribution in [2.24, 2.45) is 0 Å². The monoisotopic (exact) mass is 282 g/mol. The lowest BCUT2D eigenvalue weighted by Gasteiger charge is -2.24. The number of rotatable bonds is 4. The predicted molar refractivity (Wildman–Crippen MR) is 86.2 cm³/mol. The van der Waals surface area contributed by atoms with Gasteiger partial charge in [0.25, 0.3) is 0 Å². The fourth-order valence-corrected chi connectivity index (χ4v) is 2.93. The van der Waals surface area contributed by atoms with Crippen molar-refractivity contribution in [1.82, 2.24) is 9.97 Å². The lowest BCUT2D eigenvalue weighted by molar-refractivity contribution is 0.461. The second kappa shape index (κ2) is 6.57. The van der Waals surface area contributed by atoms with Gasteiger partial charge in [0.05, 0.1) is 0 Å². The molecule has 1 heterocycles. The van der Waals surface area contributed by atoms with E-state index in [4.69, 9.17) is 5.73 Å². The highest BCUT2D eigenvalue weighted by Crippen LogP contribution is 2.24. The molecular weight excluding hydrogens is 260 g/mol. The Kier molecular flexibility index (Phi) is 4.34. The van der Waals surface area contributed by atoms with Crippen LogP contribution in [0.4, 0.5) is 11.8 Å². The lowest BCUT2D eigenvalue weighted by Crippen LogP contribution is -2.24. The first-order valence-corrected chi connectivity index (χ1v) is 7.73. The molecule has 0 bridgehead atoms. The number of nitrogens with zero attached hydrogens (tertiary/aromatic N) is 2. The topological polar surface area (TPSA) is 63.8 Å².